The Morgan fingerprint density at radius 2 is 1.90 bits per heavy atom. The molecule has 1 N–H and O–H groups in total. The van der Waals surface area contributed by atoms with Gasteiger partial charge in [0.2, 0.25) is 0 Å². The van der Waals surface area contributed by atoms with Crippen LogP contribution >= 0.6 is 11.6 Å². The van der Waals surface area contributed by atoms with Crippen molar-refractivity contribution in [1.82, 2.24) is 0 Å². The number of carbonyl (C=O) groups excluding carboxylic acids is 1. The highest BCUT2D eigenvalue weighted by molar-refractivity contribution is 6.33. The molecule has 0 unspecified atom stereocenters. The molecule has 0 saturated carbocycles. The largest absolute Gasteiger partial charge is 0.503 e. The zero-order valence-corrected chi connectivity index (χ0v) is 16.8. The van der Waals surface area contributed by atoms with Crippen LogP contribution in [0, 0.1) is 0 Å². The number of hydrazone groups is 1. The third-order valence-electron chi connectivity index (χ3n) is 4.70. The molecule has 0 saturated heterocycles. The molecule has 0 bridgehead atoms. The highest BCUT2D eigenvalue weighted by Crippen LogP contribution is 2.36. The van der Waals surface area contributed by atoms with Crippen molar-refractivity contribution in [3.8, 4) is 11.5 Å². The van der Waals surface area contributed by atoms with Crippen LogP contribution in [0.15, 0.2) is 65.3 Å². The molecule has 29 heavy (non-hydrogen) atoms. The molecule has 1 amide bonds. The zero-order valence-electron chi connectivity index (χ0n) is 16.0. The Morgan fingerprint density at radius 1 is 1.14 bits per heavy atom. The van der Waals surface area contributed by atoms with Crippen LogP contribution in [0.25, 0.3) is 16.8 Å². The Bertz CT molecular complexity index is 1180. The predicted octanol–water partition coefficient (Wildman–Crippen LogP) is 5.40. The summed E-state index contributed by atoms with van der Waals surface area (Å²) in [6, 6.07) is 17.0. The fraction of sp³-hybridized carbons (Fsp3) is 0.130. The quantitative estimate of drug-likeness (QED) is 0.590. The lowest BCUT2D eigenvalue weighted by Crippen LogP contribution is -2.21. The molecule has 0 aliphatic carbocycles. The number of phenols is 1. The van der Waals surface area contributed by atoms with Crippen LogP contribution in [0.5, 0.6) is 11.5 Å². The number of benzene rings is 3. The molecule has 3 aromatic carbocycles. The van der Waals surface area contributed by atoms with Gasteiger partial charge in [0.05, 0.1) is 28.6 Å². The molecule has 4 rings (SSSR count). The number of halogens is 1. The van der Waals surface area contributed by atoms with E-state index in [9.17, 15) is 9.90 Å². The van der Waals surface area contributed by atoms with Crippen molar-refractivity contribution in [2.45, 2.75) is 13.8 Å². The molecular formula is C23H19ClN2O3. The molecule has 0 aromatic heterocycles. The van der Waals surface area contributed by atoms with E-state index in [0.717, 1.165) is 10.8 Å². The van der Waals surface area contributed by atoms with E-state index >= 15 is 0 Å². The number of hydrogen-bond acceptors (Lipinski definition) is 4. The second-order valence-electron chi connectivity index (χ2n) is 6.67. The van der Waals surface area contributed by atoms with Gasteiger partial charge in [0.15, 0.2) is 11.5 Å². The fourth-order valence-corrected chi connectivity index (χ4v) is 3.50. The molecule has 1 aliphatic heterocycles. The van der Waals surface area contributed by atoms with E-state index in [2.05, 4.69) is 5.10 Å². The molecule has 0 spiro atoms. The number of nitrogens with zero attached hydrogens (tertiary/aromatic N) is 2. The van der Waals surface area contributed by atoms with E-state index in [-0.39, 0.29) is 22.4 Å². The highest BCUT2D eigenvalue weighted by Gasteiger charge is 2.29. The second-order valence-corrected chi connectivity index (χ2v) is 7.08. The van der Waals surface area contributed by atoms with Gasteiger partial charge in [0, 0.05) is 0 Å². The molecule has 1 aliphatic rings. The van der Waals surface area contributed by atoms with Gasteiger partial charge in [-0.2, -0.15) is 10.1 Å². The maximum absolute atomic E-state index is 13.0. The van der Waals surface area contributed by atoms with E-state index in [1.165, 1.54) is 5.01 Å². The first kappa shape index (κ1) is 19.0. The van der Waals surface area contributed by atoms with Crippen molar-refractivity contribution < 1.29 is 14.6 Å². The average Bonchev–Trinajstić information content (AvgIpc) is 2.99. The molecule has 0 atom stereocenters. The van der Waals surface area contributed by atoms with Gasteiger partial charge in [0.25, 0.3) is 5.91 Å². The van der Waals surface area contributed by atoms with Crippen LogP contribution in [0.4, 0.5) is 5.69 Å². The number of carbonyl (C=O) groups is 1. The first-order valence-corrected chi connectivity index (χ1v) is 9.61. The molecule has 146 valence electrons. The summed E-state index contributed by atoms with van der Waals surface area (Å²) in [5, 5.41) is 18.2. The zero-order chi connectivity index (χ0) is 20.5. The maximum Gasteiger partial charge on any atom is 0.280 e. The topological polar surface area (TPSA) is 62.1 Å². The van der Waals surface area contributed by atoms with Crippen molar-refractivity contribution in [3.05, 3.63) is 70.8 Å². The summed E-state index contributed by atoms with van der Waals surface area (Å²) in [6.45, 7) is 3.99. The van der Waals surface area contributed by atoms with Gasteiger partial charge in [-0.15, -0.1) is 0 Å². The predicted molar refractivity (Wildman–Crippen MR) is 117 cm³/mol. The fourth-order valence-electron chi connectivity index (χ4n) is 3.28. The number of amides is 1. The van der Waals surface area contributed by atoms with Gasteiger partial charge in [-0.05, 0) is 60.5 Å². The van der Waals surface area contributed by atoms with Crippen LogP contribution in [-0.2, 0) is 4.79 Å². The van der Waals surface area contributed by atoms with Crippen molar-refractivity contribution in [3.63, 3.8) is 0 Å². The normalized spacial score (nSPS) is 15.3. The number of rotatable bonds is 4. The number of anilines is 1. The second kappa shape index (κ2) is 7.60. The lowest BCUT2D eigenvalue weighted by Gasteiger charge is -2.13. The lowest BCUT2D eigenvalue weighted by atomic mass is 10.1. The van der Waals surface area contributed by atoms with E-state index in [4.69, 9.17) is 16.3 Å². The number of fused-ring (bicyclic) bond motifs is 1. The standard InChI is InChI=1S/C23H19ClN2O3/c1-3-29-21-12-15(11-20(24)22(21)27)10-19-14(2)25-26(23(19)28)18-9-8-16-6-4-5-7-17(16)13-18/h4-13,27H,3H2,1-2H3. The third kappa shape index (κ3) is 3.57. The lowest BCUT2D eigenvalue weighted by molar-refractivity contribution is -0.114. The number of ether oxygens (including phenoxy) is 1. The summed E-state index contributed by atoms with van der Waals surface area (Å²) in [6.07, 6.45) is 1.70. The number of phenolic OH excluding ortho intramolecular Hbond substituents is 1. The summed E-state index contributed by atoms with van der Waals surface area (Å²) < 4.78 is 5.42. The van der Waals surface area contributed by atoms with Gasteiger partial charge in [-0.1, -0.05) is 41.9 Å². The maximum atomic E-state index is 13.0. The van der Waals surface area contributed by atoms with E-state index in [0.29, 0.717) is 29.1 Å². The van der Waals surface area contributed by atoms with Crippen molar-refractivity contribution in [2.75, 3.05) is 11.6 Å². The first-order valence-electron chi connectivity index (χ1n) is 9.23. The van der Waals surface area contributed by atoms with E-state index in [1.807, 2.05) is 49.4 Å². The smallest absolute Gasteiger partial charge is 0.280 e. The Hall–Kier alpha value is -3.31. The monoisotopic (exact) mass is 406 g/mol. The Morgan fingerprint density at radius 3 is 2.66 bits per heavy atom. The minimum absolute atomic E-state index is 0.114. The molecule has 0 fully saturated rings. The van der Waals surface area contributed by atoms with Crippen LogP contribution in [-0.4, -0.2) is 23.3 Å². The van der Waals surface area contributed by atoms with Crippen molar-refractivity contribution >= 4 is 45.8 Å². The van der Waals surface area contributed by atoms with Gasteiger partial charge in [-0.3, -0.25) is 4.79 Å². The van der Waals surface area contributed by atoms with Crippen LogP contribution < -0.4 is 9.75 Å². The molecule has 0 radical (unpaired) electrons. The summed E-state index contributed by atoms with van der Waals surface area (Å²) in [5.41, 5.74) is 2.41. The van der Waals surface area contributed by atoms with Gasteiger partial charge in [0.1, 0.15) is 0 Å². The Kier molecular flexibility index (Phi) is 4.99. The molecule has 1 heterocycles. The molecule has 6 heteroatoms. The summed E-state index contributed by atoms with van der Waals surface area (Å²) in [4.78, 5) is 13.0. The SMILES string of the molecule is CCOc1cc(C=C2C(=O)N(c3ccc4ccccc4c3)N=C2C)cc(Cl)c1O. The van der Waals surface area contributed by atoms with E-state index in [1.54, 1.807) is 25.1 Å². The molecule has 3 aromatic rings. The average molecular weight is 407 g/mol. The van der Waals surface area contributed by atoms with Gasteiger partial charge in [-0.25, -0.2) is 0 Å². The van der Waals surface area contributed by atoms with Crippen molar-refractivity contribution in [1.29, 1.82) is 0 Å². The number of hydrogen-bond donors (Lipinski definition) is 1. The summed E-state index contributed by atoms with van der Waals surface area (Å²) in [5.74, 6) is -0.0604. The minimum atomic E-state index is -0.222. The summed E-state index contributed by atoms with van der Waals surface area (Å²) >= 11 is 6.11. The third-order valence-corrected chi connectivity index (χ3v) is 4.99. The first-order chi connectivity index (χ1) is 14.0. The Labute approximate surface area is 173 Å². The summed E-state index contributed by atoms with van der Waals surface area (Å²) in [7, 11) is 0. The molecule has 5 nitrogen and oxygen atoms in total. The van der Waals surface area contributed by atoms with Crippen molar-refractivity contribution in [2.24, 2.45) is 5.10 Å². The highest BCUT2D eigenvalue weighted by atomic mass is 35.5. The Balaban J connectivity index is 1.70. The van der Waals surface area contributed by atoms with Gasteiger partial charge >= 0.3 is 0 Å². The van der Waals surface area contributed by atoms with Crippen LogP contribution in [0.1, 0.15) is 19.4 Å². The van der Waals surface area contributed by atoms with Crippen LogP contribution in [0.3, 0.4) is 0 Å². The van der Waals surface area contributed by atoms with E-state index < -0.39 is 0 Å². The van der Waals surface area contributed by atoms with Gasteiger partial charge < -0.3 is 9.84 Å². The molecular weight excluding hydrogens is 388 g/mol. The number of aromatic hydroxyl groups is 1. The minimum Gasteiger partial charge on any atom is -0.503 e. The van der Waals surface area contributed by atoms with Crippen LogP contribution in [0.2, 0.25) is 5.02 Å².